The molecule has 0 aliphatic carbocycles. The van der Waals surface area contributed by atoms with Gasteiger partial charge in [0.2, 0.25) is 0 Å². The Morgan fingerprint density at radius 3 is 1.22 bits per heavy atom. The summed E-state index contributed by atoms with van der Waals surface area (Å²) < 4.78 is 2.94. The quantitative estimate of drug-likeness (QED) is 0.146. The molecule has 1 aliphatic heterocycles. The molecule has 7 rings (SSSR count). The Kier molecular flexibility index (Phi) is 9.24. The van der Waals surface area contributed by atoms with Crippen molar-refractivity contribution in [2.75, 3.05) is 0 Å². The van der Waals surface area contributed by atoms with E-state index in [1.807, 2.05) is 0 Å². The van der Waals surface area contributed by atoms with E-state index in [1.165, 1.54) is 57.3 Å². The van der Waals surface area contributed by atoms with E-state index in [0.717, 1.165) is 0 Å². The zero-order valence-corrected chi connectivity index (χ0v) is 27.7. The van der Waals surface area contributed by atoms with Crippen molar-refractivity contribution < 1.29 is 0 Å². The molecule has 0 bridgehead atoms. The average molecular weight is 616 g/mol. The predicted molar refractivity (Wildman–Crippen MR) is 197 cm³/mol. The zero-order valence-electron chi connectivity index (χ0n) is 26.8. The standard InChI is InChI=1S/C44H42NP/c1-33(2)45(46-42(36-21-11-5-12-22-36)29-30-43(46)37-23-13-6-14-24-37)44(40-27-15-25-38(31-40)34-17-7-3-8-18-34)41-28-16-26-39(32-41)35-19-9-4-10-20-35/h3-28,31-33,42-44H,29-30H2,1-2H3/t42-,43-/m0/s1. The van der Waals surface area contributed by atoms with Crippen molar-refractivity contribution in [3.8, 4) is 22.3 Å². The van der Waals surface area contributed by atoms with Crippen molar-refractivity contribution in [2.24, 2.45) is 0 Å². The largest absolute Gasteiger partial charge is 0.267 e. The van der Waals surface area contributed by atoms with Gasteiger partial charge in [-0.1, -0.05) is 158 Å². The molecular formula is C44H42NP. The molecule has 0 radical (unpaired) electrons. The molecule has 0 spiro atoms. The number of nitrogens with zero attached hydrogens (tertiary/aromatic N) is 1. The maximum absolute atomic E-state index is 2.94. The van der Waals surface area contributed by atoms with E-state index in [9.17, 15) is 0 Å². The minimum Gasteiger partial charge on any atom is -0.267 e. The van der Waals surface area contributed by atoms with Gasteiger partial charge in [0.15, 0.2) is 0 Å². The molecule has 1 fully saturated rings. The van der Waals surface area contributed by atoms with Gasteiger partial charge in [0, 0.05) is 17.4 Å². The normalized spacial score (nSPS) is 16.8. The van der Waals surface area contributed by atoms with Crippen LogP contribution in [-0.4, -0.2) is 10.7 Å². The molecule has 0 saturated carbocycles. The summed E-state index contributed by atoms with van der Waals surface area (Å²) in [6.45, 7) is 4.83. The smallest absolute Gasteiger partial charge is 0.0641 e. The lowest BCUT2D eigenvalue weighted by molar-refractivity contribution is 0.324. The fourth-order valence-corrected chi connectivity index (χ4v) is 11.3. The molecule has 1 aliphatic rings. The van der Waals surface area contributed by atoms with Crippen LogP contribution in [0.3, 0.4) is 0 Å². The maximum Gasteiger partial charge on any atom is 0.0641 e. The van der Waals surface area contributed by atoms with E-state index in [-0.39, 0.29) is 6.04 Å². The molecule has 6 aromatic rings. The lowest BCUT2D eigenvalue weighted by Gasteiger charge is -2.45. The van der Waals surface area contributed by atoms with E-state index in [1.54, 1.807) is 0 Å². The van der Waals surface area contributed by atoms with Crippen LogP contribution in [0, 0.1) is 0 Å². The molecule has 0 unspecified atom stereocenters. The van der Waals surface area contributed by atoms with Gasteiger partial charge in [-0.2, -0.15) is 0 Å². The first-order chi connectivity index (χ1) is 22.7. The van der Waals surface area contributed by atoms with Crippen LogP contribution in [0.25, 0.3) is 22.3 Å². The fourth-order valence-electron chi connectivity index (χ4n) is 7.34. The monoisotopic (exact) mass is 615 g/mol. The van der Waals surface area contributed by atoms with Crippen molar-refractivity contribution in [3.63, 3.8) is 0 Å². The van der Waals surface area contributed by atoms with Crippen molar-refractivity contribution >= 4 is 8.07 Å². The van der Waals surface area contributed by atoms with Gasteiger partial charge in [-0.05, 0) is 91.4 Å². The molecule has 228 valence electrons. The number of hydrogen-bond donors (Lipinski definition) is 0. The molecule has 1 heterocycles. The first-order valence-electron chi connectivity index (χ1n) is 16.6. The fraction of sp³-hybridized carbons (Fsp3) is 0.182. The van der Waals surface area contributed by atoms with Crippen molar-refractivity contribution in [1.29, 1.82) is 0 Å². The number of hydrogen-bond acceptors (Lipinski definition) is 1. The highest BCUT2D eigenvalue weighted by molar-refractivity contribution is 7.56. The molecule has 0 aromatic heterocycles. The zero-order chi connectivity index (χ0) is 31.3. The number of rotatable bonds is 9. The van der Waals surface area contributed by atoms with Crippen LogP contribution in [0.4, 0.5) is 0 Å². The molecule has 1 nitrogen and oxygen atoms in total. The van der Waals surface area contributed by atoms with E-state index >= 15 is 0 Å². The van der Waals surface area contributed by atoms with E-state index in [4.69, 9.17) is 0 Å². The SMILES string of the molecule is CC(C)N(C(c1cccc(-c2ccccc2)c1)c1cccc(-c2ccccc2)c1)P1[C@H](c2ccccc2)CC[C@H]1c1ccccc1. The molecule has 46 heavy (non-hydrogen) atoms. The van der Waals surface area contributed by atoms with Crippen LogP contribution in [0.2, 0.25) is 0 Å². The lowest BCUT2D eigenvalue weighted by atomic mass is 9.92. The Balaban J connectivity index is 1.43. The summed E-state index contributed by atoms with van der Waals surface area (Å²) in [6.07, 6.45) is 2.42. The second-order valence-corrected chi connectivity index (χ2v) is 15.1. The van der Waals surface area contributed by atoms with Crippen LogP contribution in [0.5, 0.6) is 0 Å². The van der Waals surface area contributed by atoms with Gasteiger partial charge in [-0.25, -0.2) is 0 Å². The van der Waals surface area contributed by atoms with Crippen LogP contribution in [0.15, 0.2) is 170 Å². The summed E-state index contributed by atoms with van der Waals surface area (Å²) in [7, 11) is -0.608. The summed E-state index contributed by atoms with van der Waals surface area (Å²) in [6, 6.07) is 63.4. The van der Waals surface area contributed by atoms with Gasteiger partial charge >= 0.3 is 0 Å². The third-order valence-electron chi connectivity index (χ3n) is 9.40. The molecule has 6 aromatic carbocycles. The Morgan fingerprint density at radius 1 is 0.457 bits per heavy atom. The molecule has 0 amide bonds. The van der Waals surface area contributed by atoms with Gasteiger partial charge in [0.05, 0.1) is 6.04 Å². The van der Waals surface area contributed by atoms with Crippen LogP contribution in [0.1, 0.15) is 66.3 Å². The Hall–Kier alpha value is -4.29. The second-order valence-electron chi connectivity index (χ2n) is 12.7. The Bertz CT molecular complexity index is 1710. The summed E-state index contributed by atoms with van der Waals surface area (Å²) in [5, 5.41) is 0. The molecule has 2 atom stereocenters. The third kappa shape index (κ3) is 6.36. The van der Waals surface area contributed by atoms with Crippen LogP contribution < -0.4 is 0 Å². The first kappa shape index (κ1) is 30.4. The summed E-state index contributed by atoms with van der Waals surface area (Å²) in [5.74, 6) is 0. The number of benzene rings is 6. The van der Waals surface area contributed by atoms with E-state index in [0.29, 0.717) is 17.4 Å². The molecule has 1 saturated heterocycles. The third-order valence-corrected chi connectivity index (χ3v) is 13.0. The van der Waals surface area contributed by atoms with Gasteiger partial charge in [-0.3, -0.25) is 4.67 Å². The van der Waals surface area contributed by atoms with Crippen molar-refractivity contribution in [2.45, 2.75) is 50.1 Å². The van der Waals surface area contributed by atoms with Gasteiger partial charge < -0.3 is 0 Å². The topological polar surface area (TPSA) is 3.24 Å². The Morgan fingerprint density at radius 2 is 0.826 bits per heavy atom. The Labute approximate surface area is 276 Å². The second kappa shape index (κ2) is 14.0. The van der Waals surface area contributed by atoms with Gasteiger partial charge in [0.25, 0.3) is 0 Å². The highest BCUT2D eigenvalue weighted by Gasteiger charge is 2.45. The molecule has 0 N–H and O–H groups in total. The minimum atomic E-state index is -0.608. The first-order valence-corrected chi connectivity index (χ1v) is 18.1. The lowest BCUT2D eigenvalue weighted by Crippen LogP contribution is -2.33. The van der Waals surface area contributed by atoms with Gasteiger partial charge in [-0.15, -0.1) is 0 Å². The maximum atomic E-state index is 2.94. The molecular weight excluding hydrogens is 573 g/mol. The summed E-state index contributed by atoms with van der Waals surface area (Å²) in [4.78, 5) is 0. The molecule has 2 heteroatoms. The average Bonchev–Trinajstić information content (AvgIpc) is 3.56. The van der Waals surface area contributed by atoms with Crippen LogP contribution in [-0.2, 0) is 0 Å². The van der Waals surface area contributed by atoms with Crippen LogP contribution >= 0.6 is 8.07 Å². The van der Waals surface area contributed by atoms with Gasteiger partial charge in [0.1, 0.15) is 0 Å². The van der Waals surface area contributed by atoms with E-state index < -0.39 is 8.07 Å². The summed E-state index contributed by atoms with van der Waals surface area (Å²) in [5.41, 5.74) is 11.7. The minimum absolute atomic E-state index is 0.106. The predicted octanol–water partition coefficient (Wildman–Crippen LogP) is 12.5. The highest BCUT2D eigenvalue weighted by Crippen LogP contribution is 2.74. The van der Waals surface area contributed by atoms with E-state index in [2.05, 4.69) is 188 Å². The van der Waals surface area contributed by atoms with Crippen molar-refractivity contribution in [1.82, 2.24) is 4.67 Å². The van der Waals surface area contributed by atoms with Crippen molar-refractivity contribution in [3.05, 3.63) is 192 Å². The summed E-state index contributed by atoms with van der Waals surface area (Å²) >= 11 is 0. The highest BCUT2D eigenvalue weighted by atomic mass is 31.1.